The van der Waals surface area contributed by atoms with Crippen molar-refractivity contribution >= 4 is 33.6 Å². The second-order valence-corrected chi connectivity index (χ2v) is 5.62. The monoisotopic (exact) mass is 275 g/mol. The van der Waals surface area contributed by atoms with Crippen molar-refractivity contribution < 1.29 is 0 Å². The quantitative estimate of drug-likeness (QED) is 0.726. The van der Waals surface area contributed by atoms with Crippen LogP contribution in [0, 0.1) is 4.77 Å². The van der Waals surface area contributed by atoms with E-state index in [0.717, 1.165) is 23.7 Å². The second kappa shape index (κ2) is 4.66. The molecule has 5 heteroatoms. The highest BCUT2D eigenvalue weighted by Gasteiger charge is 2.11. The van der Waals surface area contributed by atoms with E-state index in [2.05, 4.69) is 52.0 Å². The highest BCUT2D eigenvalue weighted by atomic mass is 32.1. The van der Waals surface area contributed by atoms with Crippen LogP contribution in [-0.2, 0) is 6.54 Å². The summed E-state index contributed by atoms with van der Waals surface area (Å²) in [4.78, 5) is 1.16. The lowest BCUT2D eigenvalue weighted by Gasteiger charge is -2.01. The van der Waals surface area contributed by atoms with Gasteiger partial charge in [0.1, 0.15) is 0 Å². The van der Waals surface area contributed by atoms with Crippen LogP contribution in [0.25, 0.3) is 20.8 Å². The van der Waals surface area contributed by atoms with Gasteiger partial charge in [-0.2, -0.15) is 5.10 Å². The minimum absolute atomic E-state index is 0.698. The molecule has 2 heterocycles. The van der Waals surface area contributed by atoms with E-state index in [1.165, 1.54) is 10.1 Å². The molecule has 3 rings (SSSR count). The molecule has 0 bridgehead atoms. The summed E-state index contributed by atoms with van der Waals surface area (Å²) in [6, 6.07) is 10.6. The van der Waals surface area contributed by atoms with Crippen LogP contribution in [0.3, 0.4) is 0 Å². The van der Waals surface area contributed by atoms with Crippen molar-refractivity contribution in [3.8, 4) is 10.7 Å². The molecule has 0 fully saturated rings. The number of benzene rings is 1. The van der Waals surface area contributed by atoms with E-state index in [-0.39, 0.29) is 0 Å². The number of nitrogens with one attached hydrogen (secondary N) is 1. The fourth-order valence-corrected chi connectivity index (χ4v) is 3.31. The highest BCUT2D eigenvalue weighted by molar-refractivity contribution is 7.71. The van der Waals surface area contributed by atoms with E-state index in [1.807, 2.05) is 0 Å². The molecule has 0 saturated heterocycles. The van der Waals surface area contributed by atoms with E-state index in [9.17, 15) is 0 Å². The Balaban J connectivity index is 2.17. The number of fused-ring (bicyclic) bond motifs is 1. The Morgan fingerprint density at radius 3 is 3.00 bits per heavy atom. The van der Waals surface area contributed by atoms with Crippen LogP contribution in [0.1, 0.15) is 13.3 Å². The predicted octanol–water partition coefficient (Wildman–Crippen LogP) is 4.23. The number of H-pyrrole nitrogens is 1. The van der Waals surface area contributed by atoms with Crippen LogP contribution in [-0.4, -0.2) is 14.8 Å². The number of nitrogens with zero attached hydrogens (tertiary/aromatic N) is 2. The third-order valence-corrected chi connectivity index (χ3v) is 4.28. The van der Waals surface area contributed by atoms with Crippen LogP contribution < -0.4 is 0 Å². The molecule has 1 aromatic carbocycles. The van der Waals surface area contributed by atoms with E-state index in [4.69, 9.17) is 12.2 Å². The maximum Gasteiger partial charge on any atom is 0.195 e. The maximum atomic E-state index is 5.27. The van der Waals surface area contributed by atoms with E-state index in [1.54, 1.807) is 11.3 Å². The summed E-state index contributed by atoms with van der Waals surface area (Å²) < 4.78 is 4.05. The van der Waals surface area contributed by atoms with Crippen molar-refractivity contribution in [1.82, 2.24) is 14.8 Å². The Morgan fingerprint density at radius 1 is 1.39 bits per heavy atom. The average molecular weight is 275 g/mol. The molecular formula is C13H13N3S2. The Hall–Kier alpha value is -1.46. The molecular weight excluding hydrogens is 262 g/mol. The third kappa shape index (κ3) is 1.89. The lowest BCUT2D eigenvalue weighted by molar-refractivity contribution is 0.675. The van der Waals surface area contributed by atoms with Gasteiger partial charge in [-0.25, -0.2) is 0 Å². The van der Waals surface area contributed by atoms with E-state index >= 15 is 0 Å². The van der Waals surface area contributed by atoms with Gasteiger partial charge in [0.2, 0.25) is 0 Å². The van der Waals surface area contributed by atoms with Gasteiger partial charge in [0.25, 0.3) is 0 Å². The first-order chi connectivity index (χ1) is 8.79. The summed E-state index contributed by atoms with van der Waals surface area (Å²) in [5, 5.41) is 8.50. The molecule has 92 valence electrons. The fourth-order valence-electron chi connectivity index (χ4n) is 2.03. The molecule has 0 aliphatic carbocycles. The summed E-state index contributed by atoms with van der Waals surface area (Å²) in [6.07, 6.45) is 1.05. The molecule has 0 amide bonds. The molecule has 1 N–H and O–H groups in total. The minimum Gasteiger partial charge on any atom is -0.300 e. The highest BCUT2D eigenvalue weighted by Crippen LogP contribution is 2.32. The Kier molecular flexibility index (Phi) is 3.01. The first-order valence-corrected chi connectivity index (χ1v) is 7.16. The molecule has 0 saturated carbocycles. The number of aromatic amines is 1. The van der Waals surface area contributed by atoms with Crippen molar-refractivity contribution in [1.29, 1.82) is 0 Å². The van der Waals surface area contributed by atoms with Gasteiger partial charge in [-0.05, 0) is 36.2 Å². The van der Waals surface area contributed by atoms with Gasteiger partial charge < -0.3 is 0 Å². The average Bonchev–Trinajstić information content (AvgIpc) is 2.94. The number of rotatable bonds is 3. The lowest BCUT2D eigenvalue weighted by atomic mass is 10.2. The predicted molar refractivity (Wildman–Crippen MR) is 78.5 cm³/mol. The van der Waals surface area contributed by atoms with Gasteiger partial charge in [-0.1, -0.05) is 25.1 Å². The molecule has 0 aliphatic rings. The first-order valence-electron chi connectivity index (χ1n) is 5.93. The van der Waals surface area contributed by atoms with Crippen molar-refractivity contribution in [2.45, 2.75) is 19.9 Å². The fraction of sp³-hybridized carbons (Fsp3) is 0.231. The molecule has 0 radical (unpaired) electrons. The molecule has 18 heavy (non-hydrogen) atoms. The number of thiophene rings is 1. The standard InChI is InChI=1S/C13H13N3S2/c1-2-7-16-12(14-15-13(16)17)11-8-9-5-3-4-6-10(9)18-11/h3-6,8H,2,7H2,1H3,(H,15,17). The minimum atomic E-state index is 0.698. The summed E-state index contributed by atoms with van der Waals surface area (Å²) in [5.41, 5.74) is 0. The normalized spacial score (nSPS) is 11.2. The second-order valence-electron chi connectivity index (χ2n) is 4.15. The molecule has 0 unspecified atom stereocenters. The van der Waals surface area contributed by atoms with Gasteiger partial charge in [0.05, 0.1) is 4.88 Å². The maximum absolute atomic E-state index is 5.27. The molecule has 3 nitrogen and oxygen atoms in total. The summed E-state index contributed by atoms with van der Waals surface area (Å²) >= 11 is 7.02. The van der Waals surface area contributed by atoms with Crippen LogP contribution in [0.4, 0.5) is 0 Å². The van der Waals surface area contributed by atoms with Gasteiger partial charge >= 0.3 is 0 Å². The van der Waals surface area contributed by atoms with Gasteiger partial charge in [0, 0.05) is 11.2 Å². The van der Waals surface area contributed by atoms with E-state index in [0.29, 0.717) is 4.77 Å². The summed E-state index contributed by atoms with van der Waals surface area (Å²) in [5.74, 6) is 0.947. The Morgan fingerprint density at radius 2 is 2.22 bits per heavy atom. The number of hydrogen-bond acceptors (Lipinski definition) is 3. The van der Waals surface area contributed by atoms with Crippen molar-refractivity contribution in [3.05, 3.63) is 35.1 Å². The summed E-state index contributed by atoms with van der Waals surface area (Å²) in [6.45, 7) is 3.04. The SMILES string of the molecule is CCCn1c(-c2cc3ccccc3s2)n[nH]c1=S. The summed E-state index contributed by atoms with van der Waals surface area (Å²) in [7, 11) is 0. The van der Waals surface area contributed by atoms with Crippen LogP contribution >= 0.6 is 23.6 Å². The van der Waals surface area contributed by atoms with Crippen molar-refractivity contribution in [3.63, 3.8) is 0 Å². The van der Waals surface area contributed by atoms with Gasteiger partial charge in [0.15, 0.2) is 10.6 Å². The largest absolute Gasteiger partial charge is 0.300 e. The van der Waals surface area contributed by atoms with Crippen LogP contribution in [0.2, 0.25) is 0 Å². The zero-order valence-corrected chi connectivity index (χ0v) is 11.6. The molecule has 0 spiro atoms. The number of aromatic nitrogens is 3. The van der Waals surface area contributed by atoms with Gasteiger partial charge in [-0.15, -0.1) is 11.3 Å². The Labute approximate surface area is 114 Å². The van der Waals surface area contributed by atoms with E-state index < -0.39 is 0 Å². The smallest absolute Gasteiger partial charge is 0.195 e. The zero-order valence-electron chi connectivity index (χ0n) is 10.0. The first kappa shape index (κ1) is 11.6. The molecule has 2 aromatic heterocycles. The molecule has 0 aliphatic heterocycles. The van der Waals surface area contributed by atoms with Crippen molar-refractivity contribution in [2.75, 3.05) is 0 Å². The molecule has 0 atom stereocenters. The third-order valence-electron chi connectivity index (χ3n) is 2.85. The van der Waals surface area contributed by atoms with Crippen LogP contribution in [0.5, 0.6) is 0 Å². The van der Waals surface area contributed by atoms with Gasteiger partial charge in [-0.3, -0.25) is 9.67 Å². The number of hydrogen-bond donors (Lipinski definition) is 1. The zero-order chi connectivity index (χ0) is 12.5. The lowest BCUT2D eigenvalue weighted by Crippen LogP contribution is -1.98. The van der Waals surface area contributed by atoms with Crippen molar-refractivity contribution in [2.24, 2.45) is 0 Å². The topological polar surface area (TPSA) is 33.6 Å². The molecule has 3 aromatic rings. The van der Waals surface area contributed by atoms with Crippen LogP contribution in [0.15, 0.2) is 30.3 Å². The Bertz CT molecular complexity index is 703.